The van der Waals surface area contributed by atoms with Crippen molar-refractivity contribution in [1.29, 1.82) is 0 Å². The first kappa shape index (κ1) is 19.9. The first-order valence-electron chi connectivity index (χ1n) is 9.33. The molecule has 4 rings (SSSR count). The molecular weight excluding hydrogens is 403 g/mol. The Morgan fingerprint density at radius 3 is 2.40 bits per heavy atom. The number of aromatic nitrogens is 1. The van der Waals surface area contributed by atoms with E-state index >= 15 is 0 Å². The van der Waals surface area contributed by atoms with Gasteiger partial charge in [0.25, 0.3) is 11.5 Å². The lowest BCUT2D eigenvalue weighted by atomic mass is 10.1. The number of hydrogen-bond acceptors (Lipinski definition) is 2. The SMILES string of the molecule is Cc1ccc(-n2cc(C(=O)Nc3ccc(F)c(Cl)c3)c3ccccc3c2=O)cc1C. The van der Waals surface area contributed by atoms with Crippen LogP contribution in [0.2, 0.25) is 5.02 Å². The van der Waals surface area contributed by atoms with Gasteiger partial charge in [-0.15, -0.1) is 0 Å². The lowest BCUT2D eigenvalue weighted by Crippen LogP contribution is -2.22. The van der Waals surface area contributed by atoms with E-state index in [1.807, 2.05) is 32.0 Å². The number of aryl methyl sites for hydroxylation is 2. The number of fused-ring (bicyclic) bond motifs is 1. The van der Waals surface area contributed by atoms with Gasteiger partial charge in [-0.1, -0.05) is 35.9 Å². The van der Waals surface area contributed by atoms with Gasteiger partial charge in [-0.05, 0) is 61.4 Å². The highest BCUT2D eigenvalue weighted by atomic mass is 35.5. The van der Waals surface area contributed by atoms with Crippen molar-refractivity contribution in [3.63, 3.8) is 0 Å². The number of pyridine rings is 1. The zero-order valence-corrected chi connectivity index (χ0v) is 17.1. The van der Waals surface area contributed by atoms with Crippen LogP contribution in [0.1, 0.15) is 21.5 Å². The van der Waals surface area contributed by atoms with Crippen LogP contribution in [0.3, 0.4) is 0 Å². The molecule has 0 unspecified atom stereocenters. The third kappa shape index (κ3) is 3.60. The summed E-state index contributed by atoms with van der Waals surface area (Å²) < 4.78 is 14.9. The maximum absolute atomic E-state index is 13.4. The van der Waals surface area contributed by atoms with Crippen LogP contribution in [0.25, 0.3) is 16.5 Å². The van der Waals surface area contributed by atoms with E-state index in [0.29, 0.717) is 27.7 Å². The third-order valence-electron chi connectivity index (χ3n) is 5.12. The summed E-state index contributed by atoms with van der Waals surface area (Å²) in [5.41, 5.74) is 3.30. The standard InChI is InChI=1S/C24H18ClFN2O2/c1-14-7-9-17(11-15(14)2)28-13-20(18-5-3-4-6-19(18)24(28)30)23(29)27-16-8-10-22(26)21(25)12-16/h3-13H,1-2H3,(H,27,29). The molecule has 3 aromatic carbocycles. The molecule has 4 aromatic rings. The zero-order chi connectivity index (χ0) is 21.4. The molecule has 0 saturated heterocycles. The fourth-order valence-electron chi connectivity index (χ4n) is 3.31. The minimum absolute atomic E-state index is 0.0854. The molecule has 6 heteroatoms. The molecule has 1 aromatic heterocycles. The summed E-state index contributed by atoms with van der Waals surface area (Å²) in [6.07, 6.45) is 1.54. The number of hydrogen-bond donors (Lipinski definition) is 1. The second kappa shape index (κ2) is 7.76. The highest BCUT2D eigenvalue weighted by Gasteiger charge is 2.16. The molecule has 0 spiro atoms. The number of rotatable bonds is 3. The Morgan fingerprint density at radius 1 is 0.967 bits per heavy atom. The summed E-state index contributed by atoms with van der Waals surface area (Å²) in [5, 5.41) is 3.61. The first-order valence-corrected chi connectivity index (χ1v) is 9.71. The second-order valence-electron chi connectivity index (χ2n) is 7.12. The average Bonchev–Trinajstić information content (AvgIpc) is 2.73. The van der Waals surface area contributed by atoms with Crippen LogP contribution in [0.15, 0.2) is 71.7 Å². The molecule has 0 bridgehead atoms. The number of carbonyl (C=O) groups excluding carboxylic acids is 1. The molecule has 0 aliphatic carbocycles. The molecule has 0 atom stereocenters. The summed E-state index contributed by atoms with van der Waals surface area (Å²) in [6.45, 7) is 3.96. The lowest BCUT2D eigenvalue weighted by Gasteiger charge is -2.14. The largest absolute Gasteiger partial charge is 0.322 e. The van der Waals surface area contributed by atoms with Crippen molar-refractivity contribution < 1.29 is 9.18 Å². The van der Waals surface area contributed by atoms with Crippen LogP contribution < -0.4 is 10.9 Å². The molecule has 0 fully saturated rings. The van der Waals surface area contributed by atoms with Crippen LogP contribution in [0.4, 0.5) is 10.1 Å². The van der Waals surface area contributed by atoms with Crippen molar-refractivity contribution in [2.24, 2.45) is 0 Å². The number of benzene rings is 3. The van der Waals surface area contributed by atoms with Gasteiger partial charge in [0.1, 0.15) is 5.82 Å². The Bertz CT molecular complexity index is 1360. The van der Waals surface area contributed by atoms with E-state index in [4.69, 9.17) is 11.6 Å². The van der Waals surface area contributed by atoms with Crippen molar-refractivity contribution in [2.75, 3.05) is 5.32 Å². The third-order valence-corrected chi connectivity index (χ3v) is 5.41. The Hall–Kier alpha value is -3.44. The Kier molecular flexibility index (Phi) is 5.14. The summed E-state index contributed by atoms with van der Waals surface area (Å²) in [4.78, 5) is 26.2. The summed E-state index contributed by atoms with van der Waals surface area (Å²) >= 11 is 5.82. The Morgan fingerprint density at radius 2 is 1.70 bits per heavy atom. The Labute approximate surface area is 177 Å². The molecule has 150 valence electrons. The smallest absolute Gasteiger partial charge is 0.262 e. The topological polar surface area (TPSA) is 51.1 Å². The molecule has 1 amide bonds. The van der Waals surface area contributed by atoms with Crippen LogP contribution >= 0.6 is 11.6 Å². The van der Waals surface area contributed by atoms with Crippen molar-refractivity contribution in [3.8, 4) is 5.69 Å². The van der Waals surface area contributed by atoms with Gasteiger partial charge in [0, 0.05) is 28.3 Å². The molecule has 0 aliphatic heterocycles. The highest BCUT2D eigenvalue weighted by molar-refractivity contribution is 6.31. The minimum Gasteiger partial charge on any atom is -0.322 e. The van der Waals surface area contributed by atoms with Gasteiger partial charge < -0.3 is 5.32 Å². The Balaban J connectivity index is 1.87. The predicted octanol–water partition coefficient (Wildman–Crippen LogP) is 5.65. The summed E-state index contributed by atoms with van der Waals surface area (Å²) in [6, 6.07) is 16.6. The van der Waals surface area contributed by atoms with Crippen LogP contribution in [-0.4, -0.2) is 10.5 Å². The fraction of sp³-hybridized carbons (Fsp3) is 0.0833. The number of halogens is 2. The van der Waals surface area contributed by atoms with Crippen LogP contribution in [-0.2, 0) is 0 Å². The highest BCUT2D eigenvalue weighted by Crippen LogP contribution is 2.23. The van der Waals surface area contributed by atoms with Crippen molar-refractivity contribution >= 4 is 34.0 Å². The normalized spacial score (nSPS) is 10.9. The monoisotopic (exact) mass is 420 g/mol. The van der Waals surface area contributed by atoms with E-state index in [9.17, 15) is 14.0 Å². The molecule has 30 heavy (non-hydrogen) atoms. The number of carbonyl (C=O) groups is 1. The lowest BCUT2D eigenvalue weighted by molar-refractivity contribution is 0.102. The molecule has 0 saturated carbocycles. The molecule has 1 N–H and O–H groups in total. The van der Waals surface area contributed by atoms with Gasteiger partial charge >= 0.3 is 0 Å². The fourth-order valence-corrected chi connectivity index (χ4v) is 3.49. The number of nitrogens with zero attached hydrogens (tertiary/aromatic N) is 1. The van der Waals surface area contributed by atoms with Gasteiger partial charge in [-0.3, -0.25) is 14.2 Å². The maximum Gasteiger partial charge on any atom is 0.262 e. The van der Waals surface area contributed by atoms with Gasteiger partial charge in [0.2, 0.25) is 0 Å². The molecular formula is C24H18ClFN2O2. The molecule has 0 radical (unpaired) electrons. The van der Waals surface area contributed by atoms with Gasteiger partial charge in [-0.25, -0.2) is 4.39 Å². The van der Waals surface area contributed by atoms with E-state index < -0.39 is 11.7 Å². The van der Waals surface area contributed by atoms with E-state index in [1.54, 1.807) is 24.3 Å². The zero-order valence-electron chi connectivity index (χ0n) is 16.4. The second-order valence-corrected chi connectivity index (χ2v) is 7.52. The summed E-state index contributed by atoms with van der Waals surface area (Å²) in [5.74, 6) is -0.991. The predicted molar refractivity (Wildman–Crippen MR) is 118 cm³/mol. The van der Waals surface area contributed by atoms with Gasteiger partial charge in [0.15, 0.2) is 0 Å². The minimum atomic E-state index is -0.566. The van der Waals surface area contributed by atoms with E-state index in [2.05, 4.69) is 5.32 Å². The van der Waals surface area contributed by atoms with Crippen LogP contribution in [0, 0.1) is 19.7 Å². The molecule has 0 aliphatic rings. The first-order chi connectivity index (χ1) is 14.3. The quantitative estimate of drug-likeness (QED) is 0.465. The maximum atomic E-state index is 13.4. The van der Waals surface area contributed by atoms with E-state index in [-0.39, 0.29) is 10.6 Å². The average molecular weight is 421 g/mol. The van der Waals surface area contributed by atoms with Gasteiger partial charge in [-0.2, -0.15) is 0 Å². The van der Waals surface area contributed by atoms with Crippen LogP contribution in [0.5, 0.6) is 0 Å². The van der Waals surface area contributed by atoms with Crippen molar-refractivity contribution in [3.05, 3.63) is 105 Å². The summed E-state index contributed by atoms with van der Waals surface area (Å²) in [7, 11) is 0. The number of anilines is 1. The number of amides is 1. The number of nitrogens with one attached hydrogen (secondary N) is 1. The van der Waals surface area contributed by atoms with Gasteiger partial charge in [0.05, 0.1) is 10.6 Å². The molecule has 1 heterocycles. The molecule has 4 nitrogen and oxygen atoms in total. The van der Waals surface area contributed by atoms with Crippen molar-refractivity contribution in [1.82, 2.24) is 4.57 Å². The van der Waals surface area contributed by atoms with E-state index in [0.717, 1.165) is 11.1 Å². The van der Waals surface area contributed by atoms with E-state index in [1.165, 1.54) is 29.0 Å². The van der Waals surface area contributed by atoms with Crippen molar-refractivity contribution in [2.45, 2.75) is 13.8 Å².